The summed E-state index contributed by atoms with van der Waals surface area (Å²) in [6.45, 7) is 2.78. The van der Waals surface area contributed by atoms with Gasteiger partial charge >= 0.3 is 0 Å². The molecule has 4 rings (SSSR count). The maximum absolute atomic E-state index is 6.27. The van der Waals surface area contributed by atoms with Crippen LogP contribution in [0.1, 0.15) is 32.1 Å². The molecule has 1 aliphatic heterocycles. The van der Waals surface area contributed by atoms with Gasteiger partial charge < -0.3 is 24.1 Å². The molecule has 1 N–H and O–H groups in total. The Hall–Kier alpha value is -1.79. The van der Waals surface area contributed by atoms with Crippen LogP contribution in [-0.4, -0.2) is 44.2 Å². The van der Waals surface area contributed by atoms with Crippen LogP contribution >= 0.6 is 0 Å². The van der Waals surface area contributed by atoms with Crippen LogP contribution in [0, 0.1) is 5.92 Å². The Bertz CT molecular complexity index is 696. The molecule has 25 heavy (non-hydrogen) atoms. The maximum atomic E-state index is 6.27. The second-order valence-corrected chi connectivity index (χ2v) is 6.98. The van der Waals surface area contributed by atoms with Crippen LogP contribution in [0.3, 0.4) is 0 Å². The van der Waals surface area contributed by atoms with E-state index in [1.165, 1.54) is 0 Å². The van der Waals surface area contributed by atoms with Crippen molar-refractivity contribution in [1.82, 2.24) is 10.5 Å². The summed E-state index contributed by atoms with van der Waals surface area (Å²) in [6.07, 6.45) is 5.66. The number of ether oxygens (including phenoxy) is 3. The van der Waals surface area contributed by atoms with E-state index in [2.05, 4.69) is 10.5 Å². The average molecular weight is 346 g/mol. The van der Waals surface area contributed by atoms with Crippen LogP contribution in [0.15, 0.2) is 22.7 Å². The summed E-state index contributed by atoms with van der Waals surface area (Å²) >= 11 is 0. The molecule has 1 aromatic heterocycles. The van der Waals surface area contributed by atoms with E-state index >= 15 is 0 Å². The van der Waals surface area contributed by atoms with Crippen molar-refractivity contribution in [2.24, 2.45) is 5.92 Å². The number of hydrogen-bond acceptors (Lipinski definition) is 6. The van der Waals surface area contributed by atoms with E-state index in [1.807, 2.05) is 18.2 Å². The molecule has 6 nitrogen and oxygen atoms in total. The first-order valence-electron chi connectivity index (χ1n) is 9.26. The monoisotopic (exact) mass is 346 g/mol. The van der Waals surface area contributed by atoms with Gasteiger partial charge in [0.15, 0.2) is 5.58 Å². The number of fused-ring (bicyclic) bond motifs is 1. The molecule has 1 aliphatic carbocycles. The molecule has 0 bridgehead atoms. The highest BCUT2D eigenvalue weighted by molar-refractivity contribution is 5.88. The molecular formula is C19H26N2O4. The third-order valence-corrected chi connectivity index (χ3v) is 5.32. The topological polar surface area (TPSA) is 65.8 Å². The number of piperidine rings is 1. The van der Waals surface area contributed by atoms with Gasteiger partial charge in [0, 0.05) is 7.11 Å². The minimum Gasteiger partial charge on any atom is -0.487 e. The van der Waals surface area contributed by atoms with E-state index in [4.69, 9.17) is 18.7 Å². The maximum Gasteiger partial charge on any atom is 0.265 e. The van der Waals surface area contributed by atoms with Gasteiger partial charge in [-0.15, -0.1) is 0 Å². The fourth-order valence-corrected chi connectivity index (χ4v) is 3.84. The van der Waals surface area contributed by atoms with E-state index in [1.54, 1.807) is 7.11 Å². The fourth-order valence-electron chi connectivity index (χ4n) is 3.84. The van der Waals surface area contributed by atoms with Crippen LogP contribution in [-0.2, 0) is 4.74 Å². The highest BCUT2D eigenvalue weighted by Gasteiger charge is 2.30. The quantitative estimate of drug-likeness (QED) is 0.867. The number of methoxy groups -OCH3 is 1. The van der Waals surface area contributed by atoms with E-state index < -0.39 is 0 Å². The van der Waals surface area contributed by atoms with Crippen molar-refractivity contribution in [1.29, 1.82) is 0 Å². The third kappa shape index (κ3) is 3.60. The fraction of sp³-hybridized carbons (Fsp3) is 0.632. The molecule has 2 aliphatic rings. The van der Waals surface area contributed by atoms with Crippen molar-refractivity contribution < 1.29 is 18.7 Å². The van der Waals surface area contributed by atoms with Gasteiger partial charge in [0.25, 0.3) is 5.88 Å². The molecule has 0 radical (unpaired) electrons. The molecule has 2 atom stereocenters. The highest BCUT2D eigenvalue weighted by Crippen LogP contribution is 2.36. The number of hydrogen-bond donors (Lipinski definition) is 1. The standard InChI is InChI=1S/C19H26N2O4/c1-22-14-4-2-5-15(14)24-16-6-3-7-17-18(16)19(21-25-17)23-12-13-8-10-20-11-9-13/h3,6-7,13-15,20H,2,4-5,8-12H2,1H3/t14-,15-/m1/s1. The van der Waals surface area contributed by atoms with E-state index in [0.29, 0.717) is 24.0 Å². The van der Waals surface area contributed by atoms with Crippen LogP contribution in [0.25, 0.3) is 11.0 Å². The summed E-state index contributed by atoms with van der Waals surface area (Å²) in [7, 11) is 1.75. The largest absolute Gasteiger partial charge is 0.487 e. The average Bonchev–Trinajstić information content (AvgIpc) is 3.28. The summed E-state index contributed by atoms with van der Waals surface area (Å²) < 4.78 is 23.3. The molecule has 0 spiro atoms. The number of rotatable bonds is 6. The zero-order chi connectivity index (χ0) is 17.1. The van der Waals surface area contributed by atoms with E-state index in [0.717, 1.165) is 56.3 Å². The predicted molar refractivity (Wildman–Crippen MR) is 94.2 cm³/mol. The lowest BCUT2D eigenvalue weighted by atomic mass is 9.99. The Morgan fingerprint density at radius 1 is 1.16 bits per heavy atom. The third-order valence-electron chi connectivity index (χ3n) is 5.32. The Balaban J connectivity index is 1.52. The highest BCUT2D eigenvalue weighted by atomic mass is 16.5. The molecule has 2 fully saturated rings. The Kier molecular flexibility index (Phi) is 5.08. The molecule has 1 aromatic carbocycles. The zero-order valence-electron chi connectivity index (χ0n) is 14.7. The van der Waals surface area contributed by atoms with E-state index in [9.17, 15) is 0 Å². The lowest BCUT2D eigenvalue weighted by Crippen LogP contribution is -2.30. The normalized spacial score (nSPS) is 24.7. The first kappa shape index (κ1) is 16.7. The number of benzene rings is 1. The Morgan fingerprint density at radius 3 is 2.84 bits per heavy atom. The first-order valence-corrected chi connectivity index (χ1v) is 9.26. The van der Waals surface area contributed by atoms with Crippen molar-refractivity contribution in [2.75, 3.05) is 26.8 Å². The van der Waals surface area contributed by atoms with Gasteiger partial charge in [0.05, 0.1) is 12.7 Å². The Labute approximate surface area is 147 Å². The molecular weight excluding hydrogens is 320 g/mol. The van der Waals surface area contributed by atoms with Crippen molar-refractivity contribution in [2.45, 2.75) is 44.3 Å². The number of nitrogens with one attached hydrogen (secondary N) is 1. The van der Waals surface area contributed by atoms with Crippen LogP contribution in [0.4, 0.5) is 0 Å². The second-order valence-electron chi connectivity index (χ2n) is 6.98. The van der Waals surface area contributed by atoms with Crippen LogP contribution < -0.4 is 14.8 Å². The van der Waals surface area contributed by atoms with Crippen molar-refractivity contribution >= 4 is 11.0 Å². The van der Waals surface area contributed by atoms with Gasteiger partial charge in [-0.3, -0.25) is 0 Å². The molecule has 6 heteroatoms. The summed E-state index contributed by atoms with van der Waals surface area (Å²) in [5.74, 6) is 1.87. The van der Waals surface area contributed by atoms with Crippen molar-refractivity contribution in [3.05, 3.63) is 18.2 Å². The lowest BCUT2D eigenvalue weighted by Gasteiger charge is -2.22. The molecule has 0 amide bonds. The van der Waals surface area contributed by atoms with Crippen LogP contribution in [0.2, 0.25) is 0 Å². The summed E-state index contributed by atoms with van der Waals surface area (Å²) in [5.41, 5.74) is 0.699. The molecule has 0 unspecified atom stereocenters. The lowest BCUT2D eigenvalue weighted by molar-refractivity contribution is 0.0235. The van der Waals surface area contributed by atoms with Gasteiger partial charge in [0.2, 0.25) is 0 Å². The zero-order valence-corrected chi connectivity index (χ0v) is 14.7. The molecule has 1 saturated heterocycles. The van der Waals surface area contributed by atoms with Gasteiger partial charge in [-0.25, -0.2) is 0 Å². The summed E-state index contributed by atoms with van der Waals surface area (Å²) in [6, 6.07) is 5.78. The van der Waals surface area contributed by atoms with Gasteiger partial charge in [-0.2, -0.15) is 0 Å². The minimum absolute atomic E-state index is 0.0720. The first-order chi connectivity index (χ1) is 12.3. The summed E-state index contributed by atoms with van der Waals surface area (Å²) in [5, 5.41) is 8.34. The molecule has 136 valence electrons. The number of aromatic nitrogens is 1. The van der Waals surface area contributed by atoms with Crippen molar-refractivity contribution in [3.63, 3.8) is 0 Å². The predicted octanol–water partition coefficient (Wildman–Crippen LogP) is 3.15. The molecule has 2 heterocycles. The summed E-state index contributed by atoms with van der Waals surface area (Å²) in [4.78, 5) is 0. The number of nitrogens with zero attached hydrogens (tertiary/aromatic N) is 1. The SMILES string of the molecule is CO[C@@H]1CCC[C@H]1Oc1cccc2onc(OCC3CCNCC3)c12. The van der Waals surface area contributed by atoms with Gasteiger partial charge in [0.1, 0.15) is 17.2 Å². The second kappa shape index (κ2) is 7.62. The van der Waals surface area contributed by atoms with E-state index in [-0.39, 0.29) is 12.2 Å². The van der Waals surface area contributed by atoms with Crippen LogP contribution in [0.5, 0.6) is 11.6 Å². The van der Waals surface area contributed by atoms with Gasteiger partial charge in [-0.05, 0) is 68.4 Å². The Morgan fingerprint density at radius 2 is 2.00 bits per heavy atom. The molecule has 2 aromatic rings. The van der Waals surface area contributed by atoms with Crippen molar-refractivity contribution in [3.8, 4) is 11.6 Å². The van der Waals surface area contributed by atoms with Gasteiger partial charge in [-0.1, -0.05) is 6.07 Å². The minimum atomic E-state index is 0.0720. The molecule has 1 saturated carbocycles. The smallest absolute Gasteiger partial charge is 0.265 e.